The number of unbranched alkanes of at least 4 members (excludes halogenated alkanes) is 2. The topological polar surface area (TPSA) is 89.0 Å². The summed E-state index contributed by atoms with van der Waals surface area (Å²) in [6.45, 7) is 4.73. The molecule has 0 unspecified atom stereocenters. The molecule has 210 valence electrons. The molecule has 1 amide bonds. The Morgan fingerprint density at radius 2 is 1.93 bits per heavy atom. The molecule has 41 heavy (non-hydrogen) atoms. The van der Waals surface area contributed by atoms with Gasteiger partial charge in [0.2, 0.25) is 0 Å². The molecule has 1 N–H and O–H groups in total. The average molecular weight is 589 g/mol. The van der Waals surface area contributed by atoms with E-state index in [0.717, 1.165) is 35.3 Å². The fraction of sp³-hybridized carbons (Fsp3) is 0.281. The van der Waals surface area contributed by atoms with Gasteiger partial charge in [0.25, 0.3) is 5.78 Å². The molecule has 1 aromatic heterocycles. The molecule has 1 fully saturated rings. The van der Waals surface area contributed by atoms with Gasteiger partial charge >= 0.3 is 5.91 Å². The molecule has 7 nitrogen and oxygen atoms in total. The van der Waals surface area contributed by atoms with Gasteiger partial charge in [0, 0.05) is 17.0 Å². The smallest absolute Gasteiger partial charge is 0.301 e. The molecule has 2 atom stereocenters. The van der Waals surface area contributed by atoms with Gasteiger partial charge in [-0.25, -0.2) is 4.98 Å². The molecule has 0 aliphatic carbocycles. The maximum absolute atomic E-state index is 13.6. The first kappa shape index (κ1) is 27.3. The Bertz CT molecular complexity index is 1680. The number of fused-ring (bicyclic) bond motifs is 2. The number of Topliss-reactive ketones (excluding diaryl/α,β-unsaturated/α-hetero) is 1. The number of benzene rings is 3. The van der Waals surface area contributed by atoms with E-state index >= 15 is 0 Å². The lowest BCUT2D eigenvalue weighted by Crippen LogP contribution is -2.29. The van der Waals surface area contributed by atoms with E-state index in [1.807, 2.05) is 37.3 Å². The Balaban J connectivity index is 1.44. The van der Waals surface area contributed by atoms with E-state index in [1.165, 1.54) is 16.2 Å². The fourth-order valence-electron chi connectivity index (χ4n) is 5.35. The summed E-state index contributed by atoms with van der Waals surface area (Å²) in [6, 6.07) is 17.0. The number of ketones is 1. The van der Waals surface area contributed by atoms with Crippen molar-refractivity contribution in [3.8, 4) is 11.5 Å². The normalized spacial score (nSPS) is 19.5. The summed E-state index contributed by atoms with van der Waals surface area (Å²) in [4.78, 5) is 33.3. The van der Waals surface area contributed by atoms with Crippen LogP contribution in [-0.2, 0) is 16.0 Å². The maximum atomic E-state index is 13.6. The van der Waals surface area contributed by atoms with Gasteiger partial charge in [-0.1, -0.05) is 54.8 Å². The number of nitrogens with zero attached hydrogens (tertiary/aromatic N) is 2. The third kappa shape index (κ3) is 5.18. The summed E-state index contributed by atoms with van der Waals surface area (Å²) in [5.74, 6) is -0.297. The quantitative estimate of drug-likeness (QED) is 0.0994. The predicted molar refractivity (Wildman–Crippen MR) is 161 cm³/mol. The number of hydrogen-bond acceptors (Lipinski definition) is 7. The van der Waals surface area contributed by atoms with Crippen LogP contribution in [0.25, 0.3) is 16.0 Å². The SMILES string of the molecule is CCCCCOc1ccc([C@H]2/C(=C(\O)c3ccc4c(c3)C[C@@H](C)O4)C(=O)C(=O)N2c2nc3ccc(Cl)cc3s2)cc1. The van der Waals surface area contributed by atoms with Crippen LogP contribution in [0.1, 0.15) is 55.8 Å². The summed E-state index contributed by atoms with van der Waals surface area (Å²) in [5.41, 5.74) is 2.73. The number of halogens is 1. The monoisotopic (exact) mass is 588 g/mol. The zero-order valence-electron chi connectivity index (χ0n) is 22.7. The number of carbonyl (C=O) groups excluding carboxylic acids is 2. The molecule has 0 spiro atoms. The standard InChI is InChI=1S/C32H29ClN2O5S/c1-3-4-5-14-39-23-10-6-19(7-11-23)28-27(29(36)20-8-13-25-21(16-20)15-18(2)40-25)30(37)31(38)35(28)32-34-24-12-9-22(33)17-26(24)41-32/h6-13,16-18,28,36H,3-5,14-15H2,1-2H3/b29-27+/t18-,28+/m1/s1. The summed E-state index contributed by atoms with van der Waals surface area (Å²) in [7, 11) is 0. The number of carbonyl (C=O) groups is 2. The Morgan fingerprint density at radius 1 is 1.12 bits per heavy atom. The van der Waals surface area contributed by atoms with Crippen LogP contribution in [0.3, 0.4) is 0 Å². The van der Waals surface area contributed by atoms with E-state index in [-0.39, 0.29) is 17.4 Å². The van der Waals surface area contributed by atoms with Gasteiger partial charge in [-0.15, -0.1) is 0 Å². The van der Waals surface area contributed by atoms with E-state index in [9.17, 15) is 14.7 Å². The van der Waals surface area contributed by atoms with Crippen LogP contribution in [0.5, 0.6) is 11.5 Å². The molecule has 0 saturated carbocycles. The number of aliphatic hydroxyl groups excluding tert-OH is 1. The first-order chi connectivity index (χ1) is 19.8. The fourth-order valence-corrected chi connectivity index (χ4v) is 6.62. The highest BCUT2D eigenvalue weighted by atomic mass is 35.5. The van der Waals surface area contributed by atoms with Crippen LogP contribution in [0, 0.1) is 0 Å². The number of hydrogen-bond donors (Lipinski definition) is 1. The van der Waals surface area contributed by atoms with Gasteiger partial charge in [-0.3, -0.25) is 14.5 Å². The van der Waals surface area contributed by atoms with Crippen LogP contribution in [0.15, 0.2) is 66.2 Å². The van der Waals surface area contributed by atoms with Crippen molar-refractivity contribution in [2.75, 3.05) is 11.5 Å². The number of thiazole rings is 1. The maximum Gasteiger partial charge on any atom is 0.301 e. The Morgan fingerprint density at radius 3 is 2.71 bits per heavy atom. The molecule has 3 aromatic carbocycles. The van der Waals surface area contributed by atoms with E-state index in [0.29, 0.717) is 45.6 Å². The van der Waals surface area contributed by atoms with Gasteiger partial charge in [0.05, 0.1) is 28.4 Å². The average Bonchev–Trinajstić information content (AvgIpc) is 3.63. The van der Waals surface area contributed by atoms with Crippen molar-refractivity contribution in [1.82, 2.24) is 4.98 Å². The molecule has 0 bridgehead atoms. The second-order valence-electron chi connectivity index (χ2n) is 10.4. The zero-order valence-corrected chi connectivity index (χ0v) is 24.3. The molecule has 9 heteroatoms. The summed E-state index contributed by atoms with van der Waals surface area (Å²) < 4.78 is 12.5. The number of rotatable bonds is 8. The molecule has 4 aromatic rings. The Labute approximate surface area is 247 Å². The van der Waals surface area contributed by atoms with Crippen molar-refractivity contribution in [2.45, 2.75) is 51.7 Å². The van der Waals surface area contributed by atoms with Gasteiger partial charge < -0.3 is 14.6 Å². The van der Waals surface area contributed by atoms with Gasteiger partial charge in [0.1, 0.15) is 23.4 Å². The lowest BCUT2D eigenvalue weighted by Gasteiger charge is -2.23. The molecular formula is C32H29ClN2O5S. The molecule has 6 rings (SSSR count). The van der Waals surface area contributed by atoms with E-state index in [1.54, 1.807) is 30.3 Å². The van der Waals surface area contributed by atoms with E-state index in [4.69, 9.17) is 21.1 Å². The first-order valence-corrected chi connectivity index (χ1v) is 14.9. The van der Waals surface area contributed by atoms with Gasteiger partial charge in [-0.05, 0) is 73.0 Å². The van der Waals surface area contributed by atoms with Crippen LogP contribution >= 0.6 is 22.9 Å². The molecular weight excluding hydrogens is 560 g/mol. The number of aliphatic hydroxyl groups is 1. The van der Waals surface area contributed by atoms with Gasteiger partial charge in [-0.2, -0.15) is 0 Å². The second kappa shape index (κ2) is 11.2. The largest absolute Gasteiger partial charge is 0.507 e. The molecule has 1 saturated heterocycles. The number of aromatic nitrogens is 1. The van der Waals surface area contributed by atoms with Crippen LogP contribution < -0.4 is 14.4 Å². The van der Waals surface area contributed by atoms with Crippen molar-refractivity contribution in [1.29, 1.82) is 0 Å². The third-order valence-corrected chi connectivity index (χ3v) is 8.62. The Hall–Kier alpha value is -3.88. The first-order valence-electron chi connectivity index (χ1n) is 13.7. The highest BCUT2D eigenvalue weighted by Gasteiger charge is 2.48. The Kier molecular flexibility index (Phi) is 7.45. The third-order valence-electron chi connectivity index (χ3n) is 7.37. The second-order valence-corrected chi connectivity index (χ2v) is 11.8. The van der Waals surface area contributed by atoms with Crippen molar-refractivity contribution in [2.24, 2.45) is 0 Å². The van der Waals surface area contributed by atoms with Crippen LogP contribution in [0.2, 0.25) is 5.02 Å². The zero-order chi connectivity index (χ0) is 28.7. The minimum atomic E-state index is -0.886. The molecule has 0 radical (unpaired) electrons. The summed E-state index contributed by atoms with van der Waals surface area (Å²) in [5, 5.41) is 12.5. The molecule has 2 aliphatic rings. The van der Waals surface area contributed by atoms with Crippen molar-refractivity contribution in [3.05, 3.63) is 87.9 Å². The van der Waals surface area contributed by atoms with Crippen molar-refractivity contribution >= 4 is 55.7 Å². The number of anilines is 1. The lowest BCUT2D eigenvalue weighted by atomic mass is 9.94. The van der Waals surface area contributed by atoms with Gasteiger partial charge in [0.15, 0.2) is 5.13 Å². The lowest BCUT2D eigenvalue weighted by molar-refractivity contribution is -0.132. The number of amides is 1. The van der Waals surface area contributed by atoms with Crippen molar-refractivity contribution < 1.29 is 24.2 Å². The van der Waals surface area contributed by atoms with E-state index in [2.05, 4.69) is 11.9 Å². The highest BCUT2D eigenvalue weighted by Crippen LogP contribution is 2.45. The molecule has 2 aliphatic heterocycles. The predicted octanol–water partition coefficient (Wildman–Crippen LogP) is 7.47. The molecule has 3 heterocycles. The number of ether oxygens (including phenoxy) is 2. The van der Waals surface area contributed by atoms with E-state index < -0.39 is 17.7 Å². The minimum absolute atomic E-state index is 0.0100. The summed E-state index contributed by atoms with van der Waals surface area (Å²) in [6.07, 6.45) is 3.89. The van der Waals surface area contributed by atoms with Crippen LogP contribution in [0.4, 0.5) is 5.13 Å². The highest BCUT2D eigenvalue weighted by molar-refractivity contribution is 7.22. The van der Waals surface area contributed by atoms with Crippen molar-refractivity contribution in [3.63, 3.8) is 0 Å². The van der Waals surface area contributed by atoms with Crippen LogP contribution in [-0.4, -0.2) is 34.5 Å². The summed E-state index contributed by atoms with van der Waals surface area (Å²) >= 11 is 7.47. The minimum Gasteiger partial charge on any atom is -0.507 e.